The van der Waals surface area contributed by atoms with Crippen molar-refractivity contribution >= 4 is 0 Å². The molecule has 1 atom stereocenters. The maximum atomic E-state index is 11.6. The van der Waals surface area contributed by atoms with Crippen molar-refractivity contribution in [3.63, 3.8) is 0 Å². The predicted molar refractivity (Wildman–Crippen MR) is 67.8 cm³/mol. The molecule has 0 bridgehead atoms. The van der Waals surface area contributed by atoms with Crippen LogP contribution in [0.3, 0.4) is 0 Å². The van der Waals surface area contributed by atoms with E-state index >= 15 is 0 Å². The number of aryl methyl sites for hydroxylation is 1. The molecule has 0 radical (unpaired) electrons. The number of hydrogen-bond donors (Lipinski definition) is 1. The van der Waals surface area contributed by atoms with Crippen LogP contribution < -0.4 is 10.9 Å². The number of pyridine rings is 1. The third-order valence-corrected chi connectivity index (χ3v) is 2.82. The summed E-state index contributed by atoms with van der Waals surface area (Å²) < 4.78 is 1.81. The molecule has 0 aliphatic heterocycles. The zero-order valence-electron chi connectivity index (χ0n) is 10.5. The summed E-state index contributed by atoms with van der Waals surface area (Å²) in [5.41, 5.74) is 1.11. The fraction of sp³-hybridized carbons (Fsp3) is 0.615. The van der Waals surface area contributed by atoms with Crippen LogP contribution in [0.5, 0.6) is 0 Å². The number of hydrogen-bond acceptors (Lipinski definition) is 2. The van der Waals surface area contributed by atoms with E-state index in [1.165, 1.54) is 12.8 Å². The Balaban J connectivity index is 2.46. The molecule has 1 aromatic heterocycles. The quantitative estimate of drug-likeness (QED) is 0.798. The van der Waals surface area contributed by atoms with Crippen LogP contribution in [-0.4, -0.2) is 17.2 Å². The predicted octanol–water partition coefficient (Wildman–Crippen LogP) is 1.93. The van der Waals surface area contributed by atoms with Gasteiger partial charge in [-0.05, 0) is 26.3 Å². The van der Waals surface area contributed by atoms with Gasteiger partial charge in [-0.1, -0.05) is 19.4 Å². The number of rotatable bonds is 6. The second-order valence-corrected chi connectivity index (χ2v) is 4.30. The minimum absolute atomic E-state index is 0.0879. The first-order chi connectivity index (χ1) is 7.65. The molecule has 90 valence electrons. The summed E-state index contributed by atoms with van der Waals surface area (Å²) in [6.45, 7) is 7.94. The zero-order valence-corrected chi connectivity index (χ0v) is 10.5. The Hall–Kier alpha value is -1.09. The van der Waals surface area contributed by atoms with Crippen molar-refractivity contribution in [1.29, 1.82) is 0 Å². The number of nitrogens with one attached hydrogen (secondary N) is 1. The smallest absolute Gasteiger partial charge is 0.250 e. The van der Waals surface area contributed by atoms with Crippen LogP contribution in [0.4, 0.5) is 0 Å². The van der Waals surface area contributed by atoms with E-state index in [4.69, 9.17) is 0 Å². The third kappa shape index (κ3) is 3.81. The highest BCUT2D eigenvalue weighted by Gasteiger charge is 2.01. The van der Waals surface area contributed by atoms with Gasteiger partial charge in [-0.3, -0.25) is 4.79 Å². The van der Waals surface area contributed by atoms with Gasteiger partial charge in [0.05, 0.1) is 0 Å². The summed E-state index contributed by atoms with van der Waals surface area (Å²) in [6.07, 6.45) is 2.38. The van der Waals surface area contributed by atoms with Crippen LogP contribution in [0.2, 0.25) is 0 Å². The normalized spacial score (nSPS) is 12.7. The average Bonchev–Trinajstić information content (AvgIpc) is 2.23. The summed E-state index contributed by atoms with van der Waals surface area (Å²) in [6, 6.07) is 5.92. The topological polar surface area (TPSA) is 34.0 Å². The van der Waals surface area contributed by atoms with Crippen molar-refractivity contribution in [2.45, 2.75) is 46.2 Å². The van der Waals surface area contributed by atoms with Crippen molar-refractivity contribution in [1.82, 2.24) is 9.88 Å². The third-order valence-electron chi connectivity index (χ3n) is 2.82. The lowest BCUT2D eigenvalue weighted by atomic mass is 10.2. The highest BCUT2D eigenvalue weighted by Crippen LogP contribution is 1.95. The van der Waals surface area contributed by atoms with E-state index in [2.05, 4.69) is 19.2 Å². The SMILES string of the molecule is CCCC(C)NCCn1c(C)cccc1=O. The van der Waals surface area contributed by atoms with Crippen LogP contribution in [0.15, 0.2) is 23.0 Å². The Morgan fingerprint density at radius 3 is 2.81 bits per heavy atom. The molecule has 0 saturated heterocycles. The molecule has 16 heavy (non-hydrogen) atoms. The molecule has 1 rings (SSSR count). The molecular weight excluding hydrogens is 200 g/mol. The lowest BCUT2D eigenvalue weighted by Gasteiger charge is -2.14. The molecule has 0 amide bonds. The van der Waals surface area contributed by atoms with Gasteiger partial charge in [0.25, 0.3) is 5.56 Å². The van der Waals surface area contributed by atoms with Crippen molar-refractivity contribution in [3.05, 3.63) is 34.2 Å². The van der Waals surface area contributed by atoms with E-state index in [0.29, 0.717) is 6.04 Å². The van der Waals surface area contributed by atoms with E-state index in [1.54, 1.807) is 12.1 Å². The van der Waals surface area contributed by atoms with Crippen molar-refractivity contribution in [3.8, 4) is 0 Å². The van der Waals surface area contributed by atoms with Crippen LogP contribution in [0.1, 0.15) is 32.4 Å². The summed E-state index contributed by atoms with van der Waals surface area (Å²) >= 11 is 0. The molecule has 3 nitrogen and oxygen atoms in total. The standard InChI is InChI=1S/C13H22N2O/c1-4-6-11(2)14-9-10-15-12(3)7-5-8-13(15)16/h5,7-8,11,14H,4,6,9-10H2,1-3H3. The largest absolute Gasteiger partial charge is 0.312 e. The Bertz CT molecular complexity index is 370. The van der Waals surface area contributed by atoms with Gasteiger partial charge in [-0.2, -0.15) is 0 Å². The fourth-order valence-electron chi connectivity index (χ4n) is 1.87. The van der Waals surface area contributed by atoms with E-state index in [0.717, 1.165) is 18.8 Å². The van der Waals surface area contributed by atoms with Crippen LogP contribution in [0.25, 0.3) is 0 Å². The van der Waals surface area contributed by atoms with Gasteiger partial charge >= 0.3 is 0 Å². The molecule has 1 heterocycles. The van der Waals surface area contributed by atoms with Gasteiger partial charge in [0.15, 0.2) is 0 Å². The summed E-state index contributed by atoms with van der Waals surface area (Å²) in [5.74, 6) is 0. The Morgan fingerprint density at radius 2 is 2.19 bits per heavy atom. The van der Waals surface area contributed by atoms with Crippen LogP contribution in [0, 0.1) is 6.92 Å². The van der Waals surface area contributed by atoms with Gasteiger partial charge in [0.2, 0.25) is 0 Å². The highest BCUT2D eigenvalue weighted by atomic mass is 16.1. The van der Waals surface area contributed by atoms with Crippen LogP contribution >= 0.6 is 0 Å². The molecule has 0 aliphatic carbocycles. The van der Waals surface area contributed by atoms with E-state index < -0.39 is 0 Å². The first kappa shape index (κ1) is 13.0. The van der Waals surface area contributed by atoms with Crippen molar-refractivity contribution < 1.29 is 0 Å². The Kier molecular flexibility index (Phi) is 5.26. The van der Waals surface area contributed by atoms with E-state index in [-0.39, 0.29) is 5.56 Å². The zero-order chi connectivity index (χ0) is 12.0. The lowest BCUT2D eigenvalue weighted by molar-refractivity contribution is 0.479. The van der Waals surface area contributed by atoms with Gasteiger partial charge in [-0.25, -0.2) is 0 Å². The Labute approximate surface area is 97.5 Å². The highest BCUT2D eigenvalue weighted by molar-refractivity contribution is 5.04. The molecule has 0 spiro atoms. The minimum Gasteiger partial charge on any atom is -0.312 e. The maximum Gasteiger partial charge on any atom is 0.250 e. The first-order valence-electron chi connectivity index (χ1n) is 6.05. The van der Waals surface area contributed by atoms with Crippen LogP contribution in [-0.2, 0) is 6.54 Å². The van der Waals surface area contributed by atoms with Gasteiger partial charge < -0.3 is 9.88 Å². The van der Waals surface area contributed by atoms with Crippen molar-refractivity contribution in [2.24, 2.45) is 0 Å². The molecule has 1 N–H and O–H groups in total. The molecule has 0 saturated carbocycles. The van der Waals surface area contributed by atoms with Gasteiger partial charge in [-0.15, -0.1) is 0 Å². The van der Waals surface area contributed by atoms with Crippen molar-refractivity contribution in [2.75, 3.05) is 6.54 Å². The summed E-state index contributed by atoms with van der Waals surface area (Å²) in [5, 5.41) is 3.43. The maximum absolute atomic E-state index is 11.6. The number of aromatic nitrogens is 1. The molecule has 3 heteroatoms. The second-order valence-electron chi connectivity index (χ2n) is 4.30. The lowest BCUT2D eigenvalue weighted by Crippen LogP contribution is -2.32. The molecule has 0 aliphatic rings. The average molecular weight is 222 g/mol. The fourth-order valence-corrected chi connectivity index (χ4v) is 1.87. The Morgan fingerprint density at radius 1 is 1.44 bits per heavy atom. The monoisotopic (exact) mass is 222 g/mol. The minimum atomic E-state index is 0.0879. The molecule has 0 fully saturated rings. The number of nitrogens with zero attached hydrogens (tertiary/aromatic N) is 1. The van der Waals surface area contributed by atoms with E-state index in [1.807, 2.05) is 17.6 Å². The van der Waals surface area contributed by atoms with Gasteiger partial charge in [0, 0.05) is 30.9 Å². The van der Waals surface area contributed by atoms with Gasteiger partial charge in [0.1, 0.15) is 0 Å². The molecule has 1 unspecified atom stereocenters. The molecule has 1 aromatic rings. The van der Waals surface area contributed by atoms with E-state index in [9.17, 15) is 4.79 Å². The summed E-state index contributed by atoms with van der Waals surface area (Å²) in [4.78, 5) is 11.6. The molecular formula is C13H22N2O. The first-order valence-corrected chi connectivity index (χ1v) is 6.05. The second kappa shape index (κ2) is 6.48. The summed E-state index contributed by atoms with van der Waals surface area (Å²) in [7, 11) is 0. The molecule has 0 aromatic carbocycles.